The van der Waals surface area contributed by atoms with Gasteiger partial charge in [-0.3, -0.25) is 4.72 Å². The van der Waals surface area contributed by atoms with Crippen LogP contribution in [0.4, 0.5) is 5.69 Å². The average molecular weight is 487 g/mol. The molecule has 3 rings (SSSR count). The molecule has 0 radical (unpaired) electrons. The number of aliphatic hydroxyl groups excluding tert-OH is 1. The van der Waals surface area contributed by atoms with Crippen LogP contribution in [0.1, 0.15) is 42.1 Å². The van der Waals surface area contributed by atoms with Crippen molar-refractivity contribution in [2.24, 2.45) is 0 Å². The van der Waals surface area contributed by atoms with Crippen molar-refractivity contribution in [1.29, 1.82) is 0 Å². The van der Waals surface area contributed by atoms with Crippen molar-refractivity contribution < 1.29 is 28.8 Å². The number of rotatable bonds is 10. The van der Waals surface area contributed by atoms with Crippen LogP contribution in [0.25, 0.3) is 0 Å². The summed E-state index contributed by atoms with van der Waals surface area (Å²) < 4.78 is 25.2. The Hall–Kier alpha value is -3.27. The Kier molecular flexibility index (Phi) is 8.03. The highest BCUT2D eigenvalue weighted by atomic mass is 32.2. The average Bonchev–Trinajstić information content (AvgIpc) is 2.78. The van der Waals surface area contributed by atoms with Gasteiger partial charge in [-0.25, -0.2) is 8.42 Å². The molecule has 3 aromatic carbocycles. The van der Waals surface area contributed by atoms with Gasteiger partial charge in [0.05, 0.1) is 18.0 Å². The van der Waals surface area contributed by atoms with Gasteiger partial charge < -0.3 is 25.7 Å². The molecular weight excluding hydrogens is 456 g/mol. The van der Waals surface area contributed by atoms with Crippen LogP contribution < -0.4 is 10.0 Å². The van der Waals surface area contributed by atoms with Crippen LogP contribution in [0, 0.1) is 0 Å². The van der Waals surface area contributed by atoms with Crippen LogP contribution in [0.3, 0.4) is 0 Å². The van der Waals surface area contributed by atoms with Crippen LogP contribution in [-0.4, -0.2) is 47.7 Å². The number of aliphatic hydroxyl groups is 1. The Morgan fingerprint density at radius 1 is 0.824 bits per heavy atom. The Morgan fingerprint density at radius 2 is 1.32 bits per heavy atom. The van der Waals surface area contributed by atoms with E-state index in [0.29, 0.717) is 12.0 Å². The van der Waals surface area contributed by atoms with E-state index >= 15 is 0 Å². The first-order valence-corrected chi connectivity index (χ1v) is 12.7. The third-order valence-corrected chi connectivity index (χ3v) is 6.13. The highest BCUT2D eigenvalue weighted by Crippen LogP contribution is 2.32. The van der Waals surface area contributed by atoms with Gasteiger partial charge in [0.2, 0.25) is 10.0 Å². The Morgan fingerprint density at radius 3 is 1.82 bits per heavy atom. The summed E-state index contributed by atoms with van der Waals surface area (Å²) in [6, 6.07) is 18.3. The summed E-state index contributed by atoms with van der Waals surface area (Å²) in [5.41, 5.74) is 2.48. The topological polar surface area (TPSA) is 139 Å². The van der Waals surface area contributed by atoms with Crippen molar-refractivity contribution >= 4 is 15.7 Å². The summed E-state index contributed by atoms with van der Waals surface area (Å²) in [7, 11) is -3.58. The molecule has 0 fully saturated rings. The van der Waals surface area contributed by atoms with Crippen LogP contribution in [0.15, 0.2) is 66.7 Å². The predicted octanol–water partition coefficient (Wildman–Crippen LogP) is 3.41. The van der Waals surface area contributed by atoms with E-state index in [1.807, 2.05) is 31.2 Å². The monoisotopic (exact) mass is 486 g/mol. The molecule has 3 aromatic rings. The summed E-state index contributed by atoms with van der Waals surface area (Å²) in [5.74, 6) is 0.121. The van der Waals surface area contributed by atoms with Crippen LogP contribution in [-0.2, 0) is 10.0 Å². The van der Waals surface area contributed by atoms with Crippen molar-refractivity contribution in [3.05, 3.63) is 83.4 Å². The molecule has 0 amide bonds. The van der Waals surface area contributed by atoms with E-state index in [1.54, 1.807) is 24.3 Å². The van der Waals surface area contributed by atoms with Crippen LogP contribution in [0.2, 0.25) is 0 Å². The van der Waals surface area contributed by atoms with Crippen molar-refractivity contribution in [3.63, 3.8) is 0 Å². The molecule has 0 spiro atoms. The fourth-order valence-electron chi connectivity index (χ4n) is 3.79. The molecular formula is C25H30N2O6S. The zero-order valence-corrected chi connectivity index (χ0v) is 19.8. The molecule has 0 saturated heterocycles. The number of hydrogen-bond donors (Lipinski definition) is 6. The first-order chi connectivity index (χ1) is 16.0. The second-order valence-corrected chi connectivity index (χ2v) is 10.2. The fourth-order valence-corrected chi connectivity index (χ4v) is 4.35. The lowest BCUT2D eigenvalue weighted by atomic mass is 9.86. The van der Waals surface area contributed by atoms with E-state index in [9.17, 15) is 28.8 Å². The molecule has 1 unspecified atom stereocenters. The number of nitrogens with one attached hydrogen (secondary N) is 2. The van der Waals surface area contributed by atoms with E-state index in [1.165, 1.54) is 18.2 Å². The molecule has 8 nitrogen and oxygen atoms in total. The maximum Gasteiger partial charge on any atom is 0.229 e. The molecule has 0 heterocycles. The molecule has 9 heteroatoms. The second kappa shape index (κ2) is 10.8. The standard InChI is InChI=1S/C25H30N2O6S/c1-16(26-15-25(31)19-7-12-24(30)23(14-19)27-34(2,32)33)13-22(17-3-8-20(28)9-4-17)18-5-10-21(29)11-6-18/h3-12,14,16,22,25-31H,13,15H2,1-2H3/t16?,25-/m0/s1. The summed E-state index contributed by atoms with van der Waals surface area (Å²) in [6.07, 6.45) is 0.736. The van der Waals surface area contributed by atoms with Crippen LogP contribution >= 0.6 is 0 Å². The molecule has 0 aliphatic carbocycles. The van der Waals surface area contributed by atoms with Gasteiger partial charge in [-0.15, -0.1) is 0 Å². The van der Waals surface area contributed by atoms with Gasteiger partial charge in [0, 0.05) is 18.5 Å². The quantitative estimate of drug-likeness (QED) is 0.241. The molecule has 0 bridgehead atoms. The minimum atomic E-state index is -3.58. The molecule has 0 aliphatic rings. The zero-order valence-electron chi connectivity index (χ0n) is 19.0. The molecule has 0 aliphatic heterocycles. The minimum Gasteiger partial charge on any atom is -0.508 e. The summed E-state index contributed by atoms with van der Waals surface area (Å²) >= 11 is 0. The first kappa shape index (κ1) is 25.4. The molecule has 0 aromatic heterocycles. The Balaban J connectivity index is 1.70. The smallest absolute Gasteiger partial charge is 0.229 e. The highest BCUT2D eigenvalue weighted by molar-refractivity contribution is 7.92. The van der Waals surface area contributed by atoms with E-state index < -0.39 is 16.1 Å². The molecule has 2 atom stereocenters. The van der Waals surface area contributed by atoms with Crippen molar-refractivity contribution in [2.75, 3.05) is 17.5 Å². The number of sulfonamides is 1. The van der Waals surface area contributed by atoms with Crippen LogP contribution in [0.5, 0.6) is 17.2 Å². The Bertz CT molecular complexity index is 1150. The van der Waals surface area contributed by atoms with Gasteiger partial charge in [-0.2, -0.15) is 0 Å². The highest BCUT2D eigenvalue weighted by Gasteiger charge is 2.19. The summed E-state index contributed by atoms with van der Waals surface area (Å²) in [6.45, 7) is 2.20. The van der Waals surface area contributed by atoms with E-state index in [0.717, 1.165) is 17.4 Å². The summed E-state index contributed by atoms with van der Waals surface area (Å²) in [5, 5.41) is 43.1. The number of aromatic hydroxyl groups is 3. The van der Waals surface area contributed by atoms with Crippen molar-refractivity contribution in [1.82, 2.24) is 5.32 Å². The molecule has 6 N–H and O–H groups in total. The number of benzene rings is 3. The zero-order chi connectivity index (χ0) is 24.9. The van der Waals surface area contributed by atoms with Gasteiger partial charge >= 0.3 is 0 Å². The van der Waals surface area contributed by atoms with Gasteiger partial charge in [-0.1, -0.05) is 30.3 Å². The van der Waals surface area contributed by atoms with E-state index in [-0.39, 0.29) is 41.4 Å². The first-order valence-electron chi connectivity index (χ1n) is 10.8. The summed E-state index contributed by atoms with van der Waals surface area (Å²) in [4.78, 5) is 0. The Labute approximate surface area is 199 Å². The number of hydrogen-bond acceptors (Lipinski definition) is 7. The molecule has 34 heavy (non-hydrogen) atoms. The maximum atomic E-state index is 11.5. The third kappa shape index (κ3) is 7.11. The number of anilines is 1. The predicted molar refractivity (Wildman–Crippen MR) is 132 cm³/mol. The number of phenolic OH excluding ortho intramolecular Hbond substituents is 3. The largest absolute Gasteiger partial charge is 0.508 e. The fraction of sp³-hybridized carbons (Fsp3) is 0.280. The lowest BCUT2D eigenvalue weighted by Crippen LogP contribution is -2.32. The van der Waals surface area contributed by atoms with Crippen molar-refractivity contribution in [3.8, 4) is 17.2 Å². The van der Waals surface area contributed by atoms with Gasteiger partial charge in [-0.05, 0) is 66.4 Å². The van der Waals surface area contributed by atoms with Crippen molar-refractivity contribution in [2.45, 2.75) is 31.4 Å². The molecule has 182 valence electrons. The SMILES string of the molecule is CC(CC(c1ccc(O)cc1)c1ccc(O)cc1)NC[C@H](O)c1ccc(O)c(NS(C)(=O)=O)c1. The lowest BCUT2D eigenvalue weighted by Gasteiger charge is -2.24. The lowest BCUT2D eigenvalue weighted by molar-refractivity contribution is 0.169. The second-order valence-electron chi connectivity index (χ2n) is 8.45. The minimum absolute atomic E-state index is 0.00632. The molecule has 0 saturated carbocycles. The normalized spacial score (nSPS) is 13.5. The third-order valence-electron chi connectivity index (χ3n) is 5.54. The van der Waals surface area contributed by atoms with E-state index in [2.05, 4.69) is 10.0 Å². The van der Waals surface area contributed by atoms with Gasteiger partial charge in [0.25, 0.3) is 0 Å². The number of phenols is 3. The maximum absolute atomic E-state index is 11.5. The van der Waals surface area contributed by atoms with Gasteiger partial charge in [0.15, 0.2) is 0 Å². The van der Waals surface area contributed by atoms with Gasteiger partial charge in [0.1, 0.15) is 17.2 Å². The van der Waals surface area contributed by atoms with E-state index in [4.69, 9.17) is 0 Å².